The second-order valence-corrected chi connectivity index (χ2v) is 11.1. The van der Waals surface area contributed by atoms with E-state index in [1.54, 1.807) is 11.8 Å². The maximum absolute atomic E-state index is 13.8. The molecule has 2 saturated heterocycles. The van der Waals surface area contributed by atoms with Gasteiger partial charge in [0.1, 0.15) is 4.90 Å². The van der Waals surface area contributed by atoms with E-state index < -0.39 is 10.0 Å². The zero-order valence-electron chi connectivity index (χ0n) is 19.2. The van der Waals surface area contributed by atoms with Crippen LogP contribution in [-0.2, 0) is 17.1 Å². The summed E-state index contributed by atoms with van der Waals surface area (Å²) in [5.41, 5.74) is 3.79. The maximum atomic E-state index is 13.8. The molecule has 0 atom stereocenters. The Bertz CT molecular complexity index is 1140. The SMILES string of the molecule is Cc1ccc(Cl)cc1N1CCN(S(=O)(=O)c2c(C(=O)N3CCCC3)c(C)n(C)c2C)CC1. The molecular formula is C23H31ClN4O3S. The summed E-state index contributed by atoms with van der Waals surface area (Å²) in [6, 6.07) is 5.77. The third-order valence-corrected chi connectivity index (χ3v) is 9.17. The van der Waals surface area contributed by atoms with Gasteiger partial charge >= 0.3 is 0 Å². The van der Waals surface area contributed by atoms with Crippen molar-refractivity contribution in [1.29, 1.82) is 0 Å². The van der Waals surface area contributed by atoms with Gasteiger partial charge in [0.05, 0.1) is 5.56 Å². The van der Waals surface area contributed by atoms with Crippen LogP contribution in [0.2, 0.25) is 5.02 Å². The van der Waals surface area contributed by atoms with Crippen LogP contribution in [0.15, 0.2) is 23.1 Å². The van der Waals surface area contributed by atoms with Gasteiger partial charge in [-0.2, -0.15) is 4.31 Å². The van der Waals surface area contributed by atoms with E-state index in [0.717, 1.165) is 24.1 Å². The normalized spacial score (nSPS) is 17.9. The molecule has 7 nitrogen and oxygen atoms in total. The van der Waals surface area contributed by atoms with Crippen LogP contribution in [0.25, 0.3) is 0 Å². The number of likely N-dealkylation sites (tertiary alicyclic amines) is 1. The molecule has 1 amide bonds. The van der Waals surface area contributed by atoms with E-state index >= 15 is 0 Å². The van der Waals surface area contributed by atoms with Gasteiger partial charge in [0.25, 0.3) is 5.91 Å². The Morgan fingerprint density at radius 2 is 1.56 bits per heavy atom. The van der Waals surface area contributed by atoms with E-state index in [9.17, 15) is 13.2 Å². The van der Waals surface area contributed by atoms with Gasteiger partial charge in [-0.25, -0.2) is 8.42 Å². The molecule has 2 aliphatic heterocycles. The van der Waals surface area contributed by atoms with Crippen LogP contribution in [0, 0.1) is 20.8 Å². The number of hydrogen-bond acceptors (Lipinski definition) is 4. The summed E-state index contributed by atoms with van der Waals surface area (Å²) in [6.07, 6.45) is 1.92. The number of carbonyl (C=O) groups is 1. The highest BCUT2D eigenvalue weighted by atomic mass is 35.5. The van der Waals surface area contributed by atoms with E-state index in [0.29, 0.717) is 61.2 Å². The van der Waals surface area contributed by atoms with E-state index in [4.69, 9.17) is 11.6 Å². The monoisotopic (exact) mass is 478 g/mol. The van der Waals surface area contributed by atoms with Crippen molar-refractivity contribution < 1.29 is 13.2 Å². The summed E-state index contributed by atoms with van der Waals surface area (Å²) in [5, 5.41) is 0.668. The Labute approximate surface area is 195 Å². The van der Waals surface area contributed by atoms with Crippen molar-refractivity contribution in [2.75, 3.05) is 44.2 Å². The molecule has 32 heavy (non-hydrogen) atoms. The van der Waals surface area contributed by atoms with Gasteiger partial charge in [-0.3, -0.25) is 4.79 Å². The Morgan fingerprint density at radius 3 is 2.19 bits per heavy atom. The molecule has 0 spiro atoms. The molecule has 1 aromatic heterocycles. The highest BCUT2D eigenvalue weighted by molar-refractivity contribution is 7.89. The topological polar surface area (TPSA) is 65.9 Å². The van der Waals surface area contributed by atoms with E-state index in [1.165, 1.54) is 4.31 Å². The van der Waals surface area contributed by atoms with E-state index in [1.807, 2.05) is 43.7 Å². The molecule has 3 heterocycles. The summed E-state index contributed by atoms with van der Waals surface area (Å²) >= 11 is 6.18. The van der Waals surface area contributed by atoms with E-state index in [2.05, 4.69) is 4.90 Å². The minimum absolute atomic E-state index is 0.168. The van der Waals surface area contributed by atoms with Crippen molar-refractivity contribution in [2.45, 2.75) is 38.5 Å². The van der Waals surface area contributed by atoms with Crippen LogP contribution in [0.3, 0.4) is 0 Å². The number of carbonyl (C=O) groups excluding carboxylic acids is 1. The van der Waals surface area contributed by atoms with Crippen molar-refractivity contribution >= 4 is 33.2 Å². The number of benzene rings is 1. The Morgan fingerprint density at radius 1 is 0.938 bits per heavy atom. The van der Waals surface area contributed by atoms with Crippen molar-refractivity contribution in [3.8, 4) is 0 Å². The zero-order chi connectivity index (χ0) is 23.2. The number of aryl methyl sites for hydroxylation is 1. The summed E-state index contributed by atoms with van der Waals surface area (Å²) in [6.45, 7) is 8.87. The molecule has 0 radical (unpaired) electrons. The van der Waals surface area contributed by atoms with Crippen molar-refractivity contribution in [3.05, 3.63) is 45.7 Å². The highest BCUT2D eigenvalue weighted by Crippen LogP contribution is 2.32. The number of halogens is 1. The second-order valence-electron chi connectivity index (χ2n) is 8.76. The number of nitrogens with zero attached hydrogens (tertiary/aromatic N) is 4. The summed E-state index contributed by atoms with van der Waals surface area (Å²) in [4.78, 5) is 17.4. The zero-order valence-corrected chi connectivity index (χ0v) is 20.8. The largest absolute Gasteiger partial charge is 0.369 e. The predicted octanol–water partition coefficient (Wildman–Crippen LogP) is 3.35. The Kier molecular flexibility index (Phi) is 6.31. The van der Waals surface area contributed by atoms with Crippen LogP contribution in [0.4, 0.5) is 5.69 Å². The molecule has 0 saturated carbocycles. The number of piperazine rings is 1. The van der Waals surface area contributed by atoms with Crippen molar-refractivity contribution in [3.63, 3.8) is 0 Å². The molecule has 4 rings (SSSR count). The Balaban J connectivity index is 1.63. The summed E-state index contributed by atoms with van der Waals surface area (Å²) < 4.78 is 30.9. The van der Waals surface area contributed by atoms with Crippen molar-refractivity contribution in [1.82, 2.24) is 13.8 Å². The fraction of sp³-hybridized carbons (Fsp3) is 0.522. The maximum Gasteiger partial charge on any atom is 0.257 e. The first kappa shape index (κ1) is 23.1. The molecule has 174 valence electrons. The molecule has 9 heteroatoms. The lowest BCUT2D eigenvalue weighted by molar-refractivity contribution is 0.0788. The number of aromatic nitrogens is 1. The third-order valence-electron chi connectivity index (χ3n) is 6.88. The van der Waals surface area contributed by atoms with Crippen molar-refractivity contribution in [2.24, 2.45) is 7.05 Å². The predicted molar refractivity (Wildman–Crippen MR) is 127 cm³/mol. The van der Waals surface area contributed by atoms with Crippen LogP contribution < -0.4 is 4.90 Å². The lowest BCUT2D eigenvalue weighted by Gasteiger charge is -2.36. The molecular weight excluding hydrogens is 448 g/mol. The highest BCUT2D eigenvalue weighted by Gasteiger charge is 2.38. The standard InChI is InChI=1S/C23H31ClN4O3S/c1-16-7-8-19(24)15-20(16)26-11-13-28(14-12-26)32(30,31)22-18(3)25(4)17(2)21(22)23(29)27-9-5-6-10-27/h7-8,15H,5-6,9-14H2,1-4H3. The van der Waals surface area contributed by atoms with Gasteiger partial charge in [-0.1, -0.05) is 17.7 Å². The minimum atomic E-state index is -3.81. The van der Waals surface area contributed by atoms with Gasteiger partial charge in [-0.05, 0) is 51.3 Å². The van der Waals surface area contributed by atoms with E-state index in [-0.39, 0.29) is 10.8 Å². The number of amides is 1. The Hall–Kier alpha value is -2.03. The van der Waals surface area contributed by atoms with Crippen LogP contribution in [-0.4, -0.2) is 67.4 Å². The lowest BCUT2D eigenvalue weighted by Crippen LogP contribution is -2.49. The smallest absolute Gasteiger partial charge is 0.257 e. The fourth-order valence-corrected chi connectivity index (χ4v) is 6.86. The first-order valence-corrected chi connectivity index (χ1v) is 12.9. The average Bonchev–Trinajstić information content (AvgIpc) is 3.39. The molecule has 2 aliphatic rings. The van der Waals surface area contributed by atoms with Crippen LogP contribution in [0.1, 0.15) is 40.2 Å². The van der Waals surface area contributed by atoms with Gasteiger partial charge in [-0.15, -0.1) is 0 Å². The quantitative estimate of drug-likeness (QED) is 0.676. The third kappa shape index (κ3) is 3.93. The summed E-state index contributed by atoms with van der Waals surface area (Å²) in [5.74, 6) is -0.171. The molecule has 0 aliphatic carbocycles. The molecule has 1 aromatic carbocycles. The van der Waals surface area contributed by atoms with Gasteiger partial charge in [0.15, 0.2) is 0 Å². The van der Waals surface area contributed by atoms with Crippen LogP contribution in [0.5, 0.6) is 0 Å². The molecule has 0 bridgehead atoms. The molecule has 2 fully saturated rings. The second kappa shape index (κ2) is 8.72. The van der Waals surface area contributed by atoms with Gasteiger partial charge in [0, 0.05) is 68.4 Å². The lowest BCUT2D eigenvalue weighted by atomic mass is 10.1. The minimum Gasteiger partial charge on any atom is -0.369 e. The number of rotatable bonds is 4. The van der Waals surface area contributed by atoms with Gasteiger partial charge in [0.2, 0.25) is 10.0 Å². The number of anilines is 1. The molecule has 2 aromatic rings. The first-order valence-electron chi connectivity index (χ1n) is 11.1. The molecule has 0 unspecified atom stereocenters. The molecule has 0 N–H and O–H groups in total. The number of hydrogen-bond donors (Lipinski definition) is 0. The summed E-state index contributed by atoms with van der Waals surface area (Å²) in [7, 11) is -1.99. The average molecular weight is 479 g/mol. The fourth-order valence-electron chi connectivity index (χ4n) is 4.78. The van der Waals surface area contributed by atoms with Gasteiger partial charge < -0.3 is 14.4 Å². The van der Waals surface area contributed by atoms with Crippen LogP contribution >= 0.6 is 11.6 Å². The first-order chi connectivity index (χ1) is 15.1. The number of sulfonamides is 1.